The molecule has 1 heterocycles. The second kappa shape index (κ2) is 5.11. The van der Waals surface area contributed by atoms with Crippen molar-refractivity contribution >= 4 is 6.09 Å². The number of hydrogen-bond acceptors (Lipinski definition) is 3. The lowest BCUT2D eigenvalue weighted by Gasteiger charge is -2.29. The Hall–Kier alpha value is -1.71. The molecule has 1 aromatic carbocycles. The van der Waals surface area contributed by atoms with Crippen molar-refractivity contribution in [3.63, 3.8) is 0 Å². The van der Waals surface area contributed by atoms with E-state index in [2.05, 4.69) is 0 Å². The summed E-state index contributed by atoms with van der Waals surface area (Å²) in [6.07, 6.45) is 1.48. The molecule has 1 unspecified atom stereocenters. The highest BCUT2D eigenvalue weighted by atomic mass is 16.6. The Labute approximate surface area is 114 Å². The highest BCUT2D eigenvalue weighted by Crippen LogP contribution is 2.37. The van der Waals surface area contributed by atoms with E-state index in [9.17, 15) is 9.90 Å². The van der Waals surface area contributed by atoms with Gasteiger partial charge in [0.15, 0.2) is 0 Å². The standard InChI is InChI=1S/C15H21NO3/c1-15(2,3)19-14(18)16-10-6-8-12(16)11-7-4-5-9-13(11)17/h4-5,7,9,12,17H,6,8,10H2,1-3H3. The second-order valence-electron chi connectivity index (χ2n) is 5.89. The number of carbonyl (C=O) groups is 1. The number of likely N-dealkylation sites (tertiary alicyclic amines) is 1. The predicted octanol–water partition coefficient (Wildman–Crippen LogP) is 3.46. The van der Waals surface area contributed by atoms with Crippen LogP contribution in [0.3, 0.4) is 0 Å². The first-order chi connectivity index (χ1) is 8.88. The molecule has 0 aliphatic carbocycles. The highest BCUT2D eigenvalue weighted by molar-refractivity contribution is 5.69. The molecule has 1 saturated heterocycles. The third-order valence-corrected chi connectivity index (χ3v) is 3.18. The van der Waals surface area contributed by atoms with E-state index in [0.717, 1.165) is 18.4 Å². The smallest absolute Gasteiger partial charge is 0.410 e. The van der Waals surface area contributed by atoms with Crippen molar-refractivity contribution in [1.29, 1.82) is 0 Å². The summed E-state index contributed by atoms with van der Waals surface area (Å²) in [7, 11) is 0. The van der Waals surface area contributed by atoms with Crippen LogP contribution >= 0.6 is 0 Å². The number of rotatable bonds is 1. The van der Waals surface area contributed by atoms with Crippen molar-refractivity contribution in [3.05, 3.63) is 29.8 Å². The molecule has 2 rings (SSSR count). The first kappa shape index (κ1) is 13.7. The zero-order valence-corrected chi connectivity index (χ0v) is 11.7. The zero-order chi connectivity index (χ0) is 14.0. The minimum atomic E-state index is -0.497. The number of phenols is 1. The van der Waals surface area contributed by atoms with Gasteiger partial charge in [-0.05, 0) is 39.7 Å². The molecule has 1 aliphatic rings. The molecular weight excluding hydrogens is 242 g/mol. The fraction of sp³-hybridized carbons (Fsp3) is 0.533. The summed E-state index contributed by atoms with van der Waals surface area (Å²) in [5.74, 6) is 0.239. The average Bonchev–Trinajstić information content (AvgIpc) is 2.76. The SMILES string of the molecule is CC(C)(C)OC(=O)N1CCCC1c1ccccc1O. The first-order valence-corrected chi connectivity index (χ1v) is 6.66. The van der Waals surface area contributed by atoms with Crippen LogP contribution in [0.1, 0.15) is 45.2 Å². The van der Waals surface area contributed by atoms with E-state index >= 15 is 0 Å². The van der Waals surface area contributed by atoms with E-state index in [0.29, 0.717) is 6.54 Å². The van der Waals surface area contributed by atoms with Crippen LogP contribution in [0.5, 0.6) is 5.75 Å². The van der Waals surface area contributed by atoms with E-state index in [1.165, 1.54) is 0 Å². The maximum absolute atomic E-state index is 12.2. The van der Waals surface area contributed by atoms with Gasteiger partial charge in [0, 0.05) is 12.1 Å². The second-order valence-corrected chi connectivity index (χ2v) is 5.89. The number of ether oxygens (including phenoxy) is 1. The van der Waals surface area contributed by atoms with Crippen LogP contribution < -0.4 is 0 Å². The molecule has 1 N–H and O–H groups in total. The van der Waals surface area contributed by atoms with Gasteiger partial charge in [-0.25, -0.2) is 4.79 Å². The molecule has 1 atom stereocenters. The molecule has 1 fully saturated rings. The molecule has 0 spiro atoms. The summed E-state index contributed by atoms with van der Waals surface area (Å²) in [6, 6.07) is 7.09. The third-order valence-electron chi connectivity index (χ3n) is 3.18. The predicted molar refractivity (Wildman–Crippen MR) is 73.0 cm³/mol. The topological polar surface area (TPSA) is 49.8 Å². The summed E-state index contributed by atoms with van der Waals surface area (Å²) in [6.45, 7) is 6.25. The molecule has 104 valence electrons. The average molecular weight is 263 g/mol. The Bertz CT molecular complexity index is 465. The Morgan fingerprint density at radius 1 is 1.37 bits per heavy atom. The minimum absolute atomic E-state index is 0.0870. The summed E-state index contributed by atoms with van der Waals surface area (Å²) in [5.41, 5.74) is 0.300. The van der Waals surface area contributed by atoms with Crippen LogP contribution in [0.2, 0.25) is 0 Å². The Kier molecular flexibility index (Phi) is 3.69. The molecule has 4 heteroatoms. The lowest BCUT2D eigenvalue weighted by Crippen LogP contribution is -2.36. The van der Waals surface area contributed by atoms with Crippen LogP contribution in [0.25, 0.3) is 0 Å². The van der Waals surface area contributed by atoms with E-state index in [-0.39, 0.29) is 17.9 Å². The Morgan fingerprint density at radius 2 is 2.05 bits per heavy atom. The third kappa shape index (κ3) is 3.19. The van der Waals surface area contributed by atoms with E-state index in [4.69, 9.17) is 4.74 Å². The number of phenolic OH excluding ortho intramolecular Hbond substituents is 1. The number of carbonyl (C=O) groups excluding carboxylic acids is 1. The summed E-state index contributed by atoms with van der Waals surface area (Å²) >= 11 is 0. The van der Waals surface area contributed by atoms with Crippen LogP contribution in [-0.4, -0.2) is 28.2 Å². The number of benzene rings is 1. The van der Waals surface area contributed by atoms with Gasteiger partial charge in [-0.2, -0.15) is 0 Å². The molecular formula is C15H21NO3. The fourth-order valence-corrected chi connectivity index (χ4v) is 2.40. The van der Waals surface area contributed by atoms with Gasteiger partial charge in [-0.15, -0.1) is 0 Å². The summed E-state index contributed by atoms with van der Waals surface area (Å²) in [5, 5.41) is 9.92. The molecule has 0 saturated carbocycles. The number of nitrogens with zero attached hydrogens (tertiary/aromatic N) is 1. The lowest BCUT2D eigenvalue weighted by molar-refractivity contribution is 0.0223. The lowest BCUT2D eigenvalue weighted by atomic mass is 10.0. The molecule has 19 heavy (non-hydrogen) atoms. The van der Waals surface area contributed by atoms with Gasteiger partial charge in [0.25, 0.3) is 0 Å². The maximum Gasteiger partial charge on any atom is 0.410 e. The number of hydrogen-bond donors (Lipinski definition) is 1. The van der Waals surface area contributed by atoms with Gasteiger partial charge in [0.1, 0.15) is 11.4 Å². The summed E-state index contributed by atoms with van der Waals surface area (Å²) < 4.78 is 5.42. The van der Waals surface area contributed by atoms with Crippen molar-refractivity contribution in [2.45, 2.75) is 45.3 Å². The van der Waals surface area contributed by atoms with Crippen molar-refractivity contribution in [3.8, 4) is 5.75 Å². The molecule has 0 aromatic heterocycles. The number of amides is 1. The molecule has 1 aromatic rings. The van der Waals surface area contributed by atoms with Gasteiger partial charge in [0.05, 0.1) is 6.04 Å². The van der Waals surface area contributed by atoms with Gasteiger partial charge < -0.3 is 14.7 Å². The Balaban J connectivity index is 2.18. The van der Waals surface area contributed by atoms with Crippen molar-refractivity contribution in [2.24, 2.45) is 0 Å². The molecule has 0 radical (unpaired) electrons. The number of aromatic hydroxyl groups is 1. The summed E-state index contributed by atoms with van der Waals surface area (Å²) in [4.78, 5) is 13.9. The zero-order valence-electron chi connectivity index (χ0n) is 11.7. The van der Waals surface area contributed by atoms with Gasteiger partial charge >= 0.3 is 6.09 Å². The first-order valence-electron chi connectivity index (χ1n) is 6.66. The van der Waals surface area contributed by atoms with Crippen LogP contribution in [-0.2, 0) is 4.74 Å². The van der Waals surface area contributed by atoms with Crippen molar-refractivity contribution in [1.82, 2.24) is 4.90 Å². The number of para-hydroxylation sites is 1. The highest BCUT2D eigenvalue weighted by Gasteiger charge is 2.34. The normalized spacial score (nSPS) is 19.5. The van der Waals surface area contributed by atoms with Crippen molar-refractivity contribution in [2.75, 3.05) is 6.54 Å². The van der Waals surface area contributed by atoms with Gasteiger partial charge in [0.2, 0.25) is 0 Å². The molecule has 4 nitrogen and oxygen atoms in total. The monoisotopic (exact) mass is 263 g/mol. The fourth-order valence-electron chi connectivity index (χ4n) is 2.40. The largest absolute Gasteiger partial charge is 0.508 e. The maximum atomic E-state index is 12.2. The molecule has 1 amide bonds. The van der Waals surface area contributed by atoms with Crippen molar-refractivity contribution < 1.29 is 14.6 Å². The van der Waals surface area contributed by atoms with Gasteiger partial charge in [-0.1, -0.05) is 18.2 Å². The Morgan fingerprint density at radius 3 is 2.68 bits per heavy atom. The van der Waals surface area contributed by atoms with Crippen LogP contribution in [0, 0.1) is 0 Å². The van der Waals surface area contributed by atoms with E-state index < -0.39 is 5.60 Å². The van der Waals surface area contributed by atoms with E-state index in [1.807, 2.05) is 32.9 Å². The van der Waals surface area contributed by atoms with Crippen LogP contribution in [0.15, 0.2) is 24.3 Å². The quantitative estimate of drug-likeness (QED) is 0.844. The van der Waals surface area contributed by atoms with Crippen LogP contribution in [0.4, 0.5) is 4.79 Å². The molecule has 1 aliphatic heterocycles. The van der Waals surface area contributed by atoms with Gasteiger partial charge in [-0.3, -0.25) is 0 Å². The minimum Gasteiger partial charge on any atom is -0.508 e. The van der Waals surface area contributed by atoms with E-state index in [1.54, 1.807) is 17.0 Å². The molecule has 0 bridgehead atoms.